The molecule has 0 bridgehead atoms. The van der Waals surface area contributed by atoms with Crippen LogP contribution in [0.3, 0.4) is 0 Å². The van der Waals surface area contributed by atoms with Gasteiger partial charge in [0, 0.05) is 19.4 Å². The molecule has 0 amide bonds. The highest BCUT2D eigenvalue weighted by molar-refractivity contribution is 7.47. The summed E-state index contributed by atoms with van der Waals surface area (Å²) < 4.78 is 32.7. The Labute approximate surface area is 323 Å². The van der Waals surface area contributed by atoms with Crippen LogP contribution in [0.25, 0.3) is 0 Å². The fourth-order valence-corrected chi connectivity index (χ4v) is 6.03. The van der Waals surface area contributed by atoms with Crippen LogP contribution in [0.2, 0.25) is 0 Å². The van der Waals surface area contributed by atoms with Crippen LogP contribution in [0.5, 0.6) is 0 Å². The molecule has 0 aliphatic carbocycles. The van der Waals surface area contributed by atoms with Crippen LogP contribution >= 0.6 is 7.82 Å². The molecule has 0 saturated heterocycles. The molecular weight excluding hydrogens is 689 g/mol. The third-order valence-corrected chi connectivity index (χ3v) is 9.34. The van der Waals surface area contributed by atoms with Gasteiger partial charge in [-0.2, -0.15) is 0 Å². The van der Waals surface area contributed by atoms with E-state index < -0.39 is 32.5 Å². The van der Waals surface area contributed by atoms with Crippen LogP contribution in [0.1, 0.15) is 168 Å². The van der Waals surface area contributed by atoms with Gasteiger partial charge in [-0.25, -0.2) is 4.57 Å². The highest BCUT2D eigenvalue weighted by atomic mass is 31.2. The first kappa shape index (κ1) is 50.7. The van der Waals surface area contributed by atoms with Gasteiger partial charge in [0.25, 0.3) is 0 Å². The first-order valence-electron chi connectivity index (χ1n) is 20.8. The highest BCUT2D eigenvalue weighted by Gasteiger charge is 2.25. The quantitative estimate of drug-likeness (QED) is 0.0272. The fourth-order valence-electron chi connectivity index (χ4n) is 5.27. The molecule has 0 aromatic carbocycles. The van der Waals surface area contributed by atoms with Crippen molar-refractivity contribution >= 4 is 19.8 Å². The minimum absolute atomic E-state index is 0.0462. The van der Waals surface area contributed by atoms with Crippen LogP contribution in [0.15, 0.2) is 60.8 Å². The lowest BCUT2D eigenvalue weighted by molar-refractivity contribution is -0.161. The Balaban J connectivity index is 4.22. The average molecular weight is 766 g/mol. The van der Waals surface area contributed by atoms with E-state index in [9.17, 15) is 19.0 Å². The van der Waals surface area contributed by atoms with E-state index in [1.807, 2.05) is 0 Å². The second kappa shape index (κ2) is 39.4. The second-order valence-electron chi connectivity index (χ2n) is 13.5. The third-order valence-electron chi connectivity index (χ3n) is 8.36. The molecule has 0 aliphatic rings. The number of hydrogen-bond donors (Lipinski definition) is 2. The summed E-state index contributed by atoms with van der Waals surface area (Å²) in [7, 11) is -4.38. The van der Waals surface area contributed by atoms with Crippen molar-refractivity contribution < 1.29 is 37.6 Å². The molecule has 2 unspecified atom stereocenters. The van der Waals surface area contributed by atoms with E-state index in [-0.39, 0.29) is 32.6 Å². The normalized spacial score (nSPS) is 14.0. The van der Waals surface area contributed by atoms with Crippen LogP contribution in [-0.4, -0.2) is 49.3 Å². The van der Waals surface area contributed by atoms with Crippen molar-refractivity contribution in [3.05, 3.63) is 60.8 Å². The van der Waals surface area contributed by atoms with Gasteiger partial charge in [0.05, 0.1) is 13.2 Å². The molecule has 306 valence electrons. The predicted molar refractivity (Wildman–Crippen MR) is 219 cm³/mol. The maximum atomic E-state index is 12.6. The third kappa shape index (κ3) is 39.2. The van der Waals surface area contributed by atoms with Crippen molar-refractivity contribution in [3.63, 3.8) is 0 Å². The van der Waals surface area contributed by atoms with E-state index in [0.717, 1.165) is 96.3 Å². The SMILES string of the molecule is CCC/C=C\C/C=C\CCCCCCCC(=O)OCC(COP(=O)(O)OCCN)OC(=O)CCCCCCCC/C=C\C/C=C\C/C=C\CCCCC. The van der Waals surface area contributed by atoms with E-state index in [2.05, 4.69) is 74.6 Å². The van der Waals surface area contributed by atoms with Gasteiger partial charge in [0.2, 0.25) is 0 Å². The molecule has 53 heavy (non-hydrogen) atoms. The van der Waals surface area contributed by atoms with Crippen molar-refractivity contribution in [2.75, 3.05) is 26.4 Å². The number of carbonyl (C=O) groups excluding carboxylic acids is 2. The molecule has 2 atom stereocenters. The number of rotatable bonds is 38. The van der Waals surface area contributed by atoms with E-state index in [0.29, 0.717) is 12.8 Å². The lowest BCUT2D eigenvalue weighted by Crippen LogP contribution is -2.29. The lowest BCUT2D eigenvalue weighted by Gasteiger charge is -2.19. The summed E-state index contributed by atoms with van der Waals surface area (Å²) in [6.07, 6.45) is 45.3. The Hall–Kier alpha value is -2.29. The van der Waals surface area contributed by atoms with Crippen molar-refractivity contribution in [3.8, 4) is 0 Å². The maximum Gasteiger partial charge on any atom is 0.472 e. The van der Waals surface area contributed by atoms with Gasteiger partial charge in [-0.15, -0.1) is 0 Å². The Bertz CT molecular complexity index is 1050. The Kier molecular flexibility index (Phi) is 37.7. The largest absolute Gasteiger partial charge is 0.472 e. The summed E-state index contributed by atoms with van der Waals surface area (Å²) >= 11 is 0. The number of hydrogen-bond acceptors (Lipinski definition) is 8. The standard InChI is InChI=1S/C43H76NO8P/c1-3-5-7-9-11-13-15-17-18-19-20-21-22-24-26-28-30-32-34-36-43(46)52-41(40-51-53(47,48)50-38-37-44)39-49-42(45)35-33-31-29-27-25-23-16-14-12-10-8-6-4-2/h8,10-11,13-14,16-18,20-21,41H,3-7,9,12,15,19,22-40,44H2,1-2H3,(H,47,48)/b10-8-,13-11-,16-14-,18-17-,21-20-. The molecule has 0 rings (SSSR count). The smallest absolute Gasteiger partial charge is 0.462 e. The summed E-state index contributed by atoms with van der Waals surface area (Å²) in [5.74, 6) is -0.865. The number of phosphoric ester groups is 1. The van der Waals surface area contributed by atoms with Crippen LogP contribution in [0.4, 0.5) is 0 Å². The van der Waals surface area contributed by atoms with Crippen molar-refractivity contribution in [2.24, 2.45) is 5.73 Å². The maximum absolute atomic E-state index is 12.6. The zero-order valence-corrected chi connectivity index (χ0v) is 34.4. The van der Waals surface area contributed by atoms with E-state index >= 15 is 0 Å². The molecule has 0 fully saturated rings. The molecule has 0 radical (unpaired) electrons. The summed E-state index contributed by atoms with van der Waals surface area (Å²) in [6, 6.07) is 0. The first-order chi connectivity index (χ1) is 25.8. The van der Waals surface area contributed by atoms with Gasteiger partial charge < -0.3 is 20.1 Å². The van der Waals surface area contributed by atoms with Gasteiger partial charge >= 0.3 is 19.8 Å². The van der Waals surface area contributed by atoms with Crippen molar-refractivity contribution in [1.82, 2.24) is 0 Å². The molecule has 9 nitrogen and oxygen atoms in total. The number of allylic oxidation sites excluding steroid dienone is 10. The fraction of sp³-hybridized carbons (Fsp3) is 0.721. The van der Waals surface area contributed by atoms with E-state index in [1.54, 1.807) is 0 Å². The lowest BCUT2D eigenvalue weighted by atomic mass is 10.1. The monoisotopic (exact) mass is 766 g/mol. The van der Waals surface area contributed by atoms with Crippen LogP contribution in [0, 0.1) is 0 Å². The Morgan fingerprint density at radius 2 is 1.02 bits per heavy atom. The van der Waals surface area contributed by atoms with Crippen molar-refractivity contribution in [1.29, 1.82) is 0 Å². The number of unbranched alkanes of at least 4 members (excludes halogenated alkanes) is 15. The van der Waals surface area contributed by atoms with E-state index in [4.69, 9.17) is 24.3 Å². The summed E-state index contributed by atoms with van der Waals surface area (Å²) in [5.41, 5.74) is 5.34. The van der Waals surface area contributed by atoms with Gasteiger partial charge in [0.15, 0.2) is 6.10 Å². The van der Waals surface area contributed by atoms with Gasteiger partial charge in [0.1, 0.15) is 6.61 Å². The zero-order valence-electron chi connectivity index (χ0n) is 33.5. The number of nitrogens with two attached hydrogens (primary N) is 1. The zero-order chi connectivity index (χ0) is 38.9. The topological polar surface area (TPSA) is 134 Å². The molecule has 0 aromatic rings. The minimum atomic E-state index is -4.38. The minimum Gasteiger partial charge on any atom is -0.462 e. The summed E-state index contributed by atoms with van der Waals surface area (Å²) in [5, 5.41) is 0. The second-order valence-corrected chi connectivity index (χ2v) is 14.9. The highest BCUT2D eigenvalue weighted by Crippen LogP contribution is 2.43. The molecule has 3 N–H and O–H groups in total. The number of phosphoric acid groups is 1. The number of esters is 2. The number of carbonyl (C=O) groups is 2. The average Bonchev–Trinajstić information content (AvgIpc) is 3.14. The van der Waals surface area contributed by atoms with Crippen molar-refractivity contribution in [2.45, 2.75) is 174 Å². The van der Waals surface area contributed by atoms with Crippen LogP contribution < -0.4 is 5.73 Å². The Morgan fingerprint density at radius 3 is 1.53 bits per heavy atom. The molecule has 0 heterocycles. The van der Waals surface area contributed by atoms with Gasteiger partial charge in [-0.3, -0.25) is 18.6 Å². The molecule has 0 spiro atoms. The van der Waals surface area contributed by atoms with Gasteiger partial charge in [-0.1, -0.05) is 139 Å². The van der Waals surface area contributed by atoms with Gasteiger partial charge in [-0.05, 0) is 77.0 Å². The summed E-state index contributed by atoms with van der Waals surface area (Å²) in [4.78, 5) is 34.8. The molecule has 0 aromatic heterocycles. The molecule has 10 heteroatoms. The first-order valence-corrected chi connectivity index (χ1v) is 22.3. The Morgan fingerprint density at radius 1 is 0.566 bits per heavy atom. The number of ether oxygens (including phenoxy) is 2. The molecular formula is C43H76NO8P. The predicted octanol–water partition coefficient (Wildman–Crippen LogP) is 11.7. The molecule has 0 aliphatic heterocycles. The molecule has 0 saturated carbocycles. The van der Waals surface area contributed by atoms with E-state index in [1.165, 1.54) is 32.1 Å². The van der Waals surface area contributed by atoms with Crippen LogP contribution in [-0.2, 0) is 32.7 Å². The summed E-state index contributed by atoms with van der Waals surface area (Å²) in [6.45, 7) is 3.59.